The van der Waals surface area contributed by atoms with E-state index in [1.54, 1.807) is 12.1 Å². The number of aromatic hydroxyl groups is 2. The van der Waals surface area contributed by atoms with E-state index in [0.29, 0.717) is 5.92 Å². The van der Waals surface area contributed by atoms with Crippen LogP contribution in [0.5, 0.6) is 11.5 Å². The molecule has 3 N–H and O–H groups in total. The van der Waals surface area contributed by atoms with Gasteiger partial charge in [-0.15, -0.1) is 0 Å². The second-order valence-corrected chi connectivity index (χ2v) is 3.47. The van der Waals surface area contributed by atoms with Crippen LogP contribution in [-0.2, 0) is 0 Å². The molecule has 0 amide bonds. The van der Waals surface area contributed by atoms with Crippen molar-refractivity contribution in [1.82, 2.24) is 5.32 Å². The van der Waals surface area contributed by atoms with Crippen LogP contribution in [0.1, 0.15) is 17.9 Å². The lowest BCUT2D eigenvalue weighted by atomic mass is 9.98. The molecule has 2 rings (SSSR count). The van der Waals surface area contributed by atoms with Crippen molar-refractivity contribution in [2.24, 2.45) is 0 Å². The van der Waals surface area contributed by atoms with Crippen LogP contribution < -0.4 is 5.32 Å². The lowest BCUT2D eigenvalue weighted by molar-refractivity contribution is 0.448. The van der Waals surface area contributed by atoms with Gasteiger partial charge < -0.3 is 15.5 Å². The normalized spacial score (nSPS) is 22.0. The van der Waals surface area contributed by atoms with E-state index >= 15 is 0 Å². The van der Waals surface area contributed by atoms with Crippen molar-refractivity contribution in [2.45, 2.75) is 12.3 Å². The van der Waals surface area contributed by atoms with Crippen molar-refractivity contribution in [3.05, 3.63) is 23.8 Å². The lowest BCUT2D eigenvalue weighted by Crippen LogP contribution is -2.07. The molecule has 0 aliphatic carbocycles. The summed E-state index contributed by atoms with van der Waals surface area (Å²) in [6.45, 7) is 1.95. The van der Waals surface area contributed by atoms with Gasteiger partial charge in [0.2, 0.25) is 0 Å². The highest BCUT2D eigenvalue weighted by Crippen LogP contribution is 2.29. The lowest BCUT2D eigenvalue weighted by Gasteiger charge is -2.09. The van der Waals surface area contributed by atoms with Crippen molar-refractivity contribution in [3.8, 4) is 11.5 Å². The molecule has 13 heavy (non-hydrogen) atoms. The highest BCUT2D eigenvalue weighted by atomic mass is 16.3. The summed E-state index contributed by atoms with van der Waals surface area (Å²) < 4.78 is 0. The second-order valence-electron chi connectivity index (χ2n) is 3.47. The van der Waals surface area contributed by atoms with Crippen molar-refractivity contribution < 1.29 is 10.2 Å². The van der Waals surface area contributed by atoms with Crippen molar-refractivity contribution in [3.63, 3.8) is 0 Å². The SMILES string of the molecule is Oc1cc(O)cc([C@H]2CCNC2)c1. The molecule has 1 aliphatic rings. The van der Waals surface area contributed by atoms with E-state index in [2.05, 4.69) is 5.32 Å². The Morgan fingerprint density at radius 1 is 1.15 bits per heavy atom. The summed E-state index contributed by atoms with van der Waals surface area (Å²) >= 11 is 0. The molecule has 70 valence electrons. The van der Waals surface area contributed by atoms with E-state index in [1.165, 1.54) is 6.07 Å². The molecule has 0 saturated carbocycles. The first-order valence-electron chi connectivity index (χ1n) is 4.49. The molecule has 1 atom stereocenters. The Bertz CT molecular complexity index is 286. The molecule has 3 heteroatoms. The maximum absolute atomic E-state index is 9.27. The minimum absolute atomic E-state index is 0.141. The Kier molecular flexibility index (Phi) is 2.10. The number of phenols is 2. The van der Waals surface area contributed by atoms with Crippen LogP contribution in [0.15, 0.2) is 18.2 Å². The van der Waals surface area contributed by atoms with E-state index in [9.17, 15) is 10.2 Å². The van der Waals surface area contributed by atoms with Crippen molar-refractivity contribution in [2.75, 3.05) is 13.1 Å². The zero-order valence-electron chi connectivity index (χ0n) is 7.33. The quantitative estimate of drug-likeness (QED) is 0.606. The van der Waals surface area contributed by atoms with Gasteiger partial charge in [0.15, 0.2) is 0 Å². The van der Waals surface area contributed by atoms with E-state index in [1.807, 2.05) is 0 Å². The van der Waals surface area contributed by atoms with Gasteiger partial charge in [-0.05, 0) is 36.6 Å². The molecule has 0 bridgehead atoms. The molecular formula is C10H13NO2. The molecule has 3 nitrogen and oxygen atoms in total. The molecule has 0 radical (unpaired) electrons. The molecule has 0 spiro atoms. The number of rotatable bonds is 1. The van der Waals surface area contributed by atoms with E-state index in [-0.39, 0.29) is 11.5 Å². The van der Waals surface area contributed by atoms with Gasteiger partial charge in [-0.3, -0.25) is 0 Å². The number of benzene rings is 1. The summed E-state index contributed by atoms with van der Waals surface area (Å²) in [5.41, 5.74) is 1.02. The van der Waals surface area contributed by atoms with Gasteiger partial charge in [0.05, 0.1) is 0 Å². The fourth-order valence-corrected chi connectivity index (χ4v) is 1.79. The van der Waals surface area contributed by atoms with E-state index < -0.39 is 0 Å². The fourth-order valence-electron chi connectivity index (χ4n) is 1.79. The highest BCUT2D eigenvalue weighted by molar-refractivity contribution is 5.38. The molecule has 0 unspecified atom stereocenters. The van der Waals surface area contributed by atoms with Crippen LogP contribution in [0.25, 0.3) is 0 Å². The third-order valence-corrected chi connectivity index (χ3v) is 2.46. The molecule has 1 heterocycles. The van der Waals surface area contributed by atoms with Crippen LogP contribution in [-0.4, -0.2) is 23.3 Å². The summed E-state index contributed by atoms with van der Waals surface area (Å²) in [7, 11) is 0. The highest BCUT2D eigenvalue weighted by Gasteiger charge is 2.17. The summed E-state index contributed by atoms with van der Waals surface area (Å²) in [5.74, 6) is 0.710. The van der Waals surface area contributed by atoms with Gasteiger partial charge in [-0.2, -0.15) is 0 Å². The third kappa shape index (κ3) is 1.75. The first kappa shape index (κ1) is 8.38. The van der Waals surface area contributed by atoms with Gasteiger partial charge in [-0.1, -0.05) is 0 Å². The largest absolute Gasteiger partial charge is 0.508 e. The molecule has 1 aromatic rings. The summed E-state index contributed by atoms with van der Waals surface area (Å²) in [5, 5.41) is 21.8. The number of hydrogen-bond acceptors (Lipinski definition) is 3. The van der Waals surface area contributed by atoms with Gasteiger partial charge in [0.25, 0.3) is 0 Å². The minimum Gasteiger partial charge on any atom is -0.508 e. The molecular weight excluding hydrogens is 166 g/mol. The maximum Gasteiger partial charge on any atom is 0.119 e. The standard InChI is InChI=1S/C10H13NO2/c12-9-3-8(4-10(13)5-9)7-1-2-11-6-7/h3-5,7,11-13H,1-2,6H2/t7-/m0/s1. The third-order valence-electron chi connectivity index (χ3n) is 2.46. The summed E-state index contributed by atoms with van der Waals surface area (Å²) in [4.78, 5) is 0. The monoisotopic (exact) mass is 179 g/mol. The topological polar surface area (TPSA) is 52.5 Å². The van der Waals surface area contributed by atoms with Crippen LogP contribution in [0.3, 0.4) is 0 Å². The van der Waals surface area contributed by atoms with Crippen LogP contribution in [0.4, 0.5) is 0 Å². The Hall–Kier alpha value is -1.22. The second kappa shape index (κ2) is 3.26. The predicted octanol–water partition coefficient (Wildman–Crippen LogP) is 1.17. The molecule has 1 saturated heterocycles. The molecule has 0 aromatic heterocycles. The number of phenolic OH excluding ortho intramolecular Hbond substituents is 2. The predicted molar refractivity (Wildman–Crippen MR) is 50.0 cm³/mol. The summed E-state index contributed by atoms with van der Waals surface area (Å²) in [6.07, 6.45) is 1.07. The molecule has 1 fully saturated rings. The number of hydrogen-bond donors (Lipinski definition) is 3. The maximum atomic E-state index is 9.27. The number of nitrogens with one attached hydrogen (secondary N) is 1. The minimum atomic E-state index is 0.141. The smallest absolute Gasteiger partial charge is 0.119 e. The van der Waals surface area contributed by atoms with Crippen molar-refractivity contribution in [1.29, 1.82) is 0 Å². The van der Waals surface area contributed by atoms with Crippen molar-refractivity contribution >= 4 is 0 Å². The van der Waals surface area contributed by atoms with E-state index in [0.717, 1.165) is 25.1 Å². The first-order valence-corrected chi connectivity index (χ1v) is 4.49. The van der Waals surface area contributed by atoms with Gasteiger partial charge in [0.1, 0.15) is 11.5 Å². The Morgan fingerprint density at radius 3 is 2.38 bits per heavy atom. The van der Waals surface area contributed by atoms with Crippen LogP contribution >= 0.6 is 0 Å². The van der Waals surface area contributed by atoms with E-state index in [4.69, 9.17) is 0 Å². The first-order chi connectivity index (χ1) is 6.25. The Balaban J connectivity index is 2.28. The average Bonchev–Trinajstić information content (AvgIpc) is 2.53. The Labute approximate surface area is 77.0 Å². The average molecular weight is 179 g/mol. The van der Waals surface area contributed by atoms with Crippen LogP contribution in [0.2, 0.25) is 0 Å². The summed E-state index contributed by atoms with van der Waals surface area (Å²) in [6, 6.07) is 4.79. The molecule has 1 aliphatic heterocycles. The zero-order chi connectivity index (χ0) is 9.26. The van der Waals surface area contributed by atoms with Crippen LogP contribution in [0, 0.1) is 0 Å². The fraction of sp³-hybridized carbons (Fsp3) is 0.400. The van der Waals surface area contributed by atoms with Gasteiger partial charge in [0, 0.05) is 12.6 Å². The molecule has 1 aromatic carbocycles. The van der Waals surface area contributed by atoms with Gasteiger partial charge >= 0.3 is 0 Å². The van der Waals surface area contributed by atoms with Gasteiger partial charge in [-0.25, -0.2) is 0 Å². The Morgan fingerprint density at radius 2 is 1.85 bits per heavy atom. The zero-order valence-corrected chi connectivity index (χ0v) is 7.33.